The van der Waals surface area contributed by atoms with Gasteiger partial charge in [-0.25, -0.2) is 0 Å². The summed E-state index contributed by atoms with van der Waals surface area (Å²) >= 11 is 0. The number of nitrogens with zero attached hydrogens (tertiary/aromatic N) is 1. The van der Waals surface area contributed by atoms with E-state index in [9.17, 15) is 5.11 Å². The molecule has 2 rings (SSSR count). The van der Waals surface area contributed by atoms with Gasteiger partial charge in [0.2, 0.25) is 0 Å². The summed E-state index contributed by atoms with van der Waals surface area (Å²) in [5.74, 6) is 1.24. The zero-order valence-electron chi connectivity index (χ0n) is 9.46. The van der Waals surface area contributed by atoms with Crippen LogP contribution in [-0.2, 0) is 0 Å². The molecular formula is C14H12NO2-. The van der Waals surface area contributed by atoms with E-state index in [0.29, 0.717) is 11.3 Å². The molecule has 0 heterocycles. The van der Waals surface area contributed by atoms with Crippen LogP contribution in [0.1, 0.15) is 5.56 Å². The molecule has 2 aromatic carbocycles. The molecule has 0 N–H and O–H groups in total. The van der Waals surface area contributed by atoms with Crippen LogP contribution in [0, 0.1) is 0 Å². The number of rotatable bonds is 3. The molecule has 0 bridgehead atoms. The molecule has 2 aromatic rings. The van der Waals surface area contributed by atoms with Gasteiger partial charge in [0.05, 0.1) is 0 Å². The zero-order valence-corrected chi connectivity index (χ0v) is 9.46. The fourth-order valence-corrected chi connectivity index (χ4v) is 1.42. The van der Waals surface area contributed by atoms with Crippen LogP contribution in [0.2, 0.25) is 0 Å². The van der Waals surface area contributed by atoms with E-state index < -0.39 is 0 Å². The van der Waals surface area contributed by atoms with Crippen LogP contribution in [0.25, 0.3) is 0 Å². The van der Waals surface area contributed by atoms with Crippen molar-refractivity contribution >= 4 is 5.90 Å². The third-order valence-corrected chi connectivity index (χ3v) is 2.28. The first-order valence-electron chi connectivity index (χ1n) is 5.27. The molecule has 3 nitrogen and oxygen atoms in total. The second-order valence-corrected chi connectivity index (χ2v) is 3.47. The van der Waals surface area contributed by atoms with E-state index in [4.69, 9.17) is 4.74 Å². The normalized spacial score (nSPS) is 11.2. The van der Waals surface area contributed by atoms with Gasteiger partial charge in [0.1, 0.15) is 11.5 Å². The molecule has 0 amide bonds. The van der Waals surface area contributed by atoms with Crippen LogP contribution in [-0.4, -0.2) is 12.9 Å². The highest BCUT2D eigenvalue weighted by Gasteiger charge is 1.97. The maximum atomic E-state index is 11.3. The van der Waals surface area contributed by atoms with Crippen LogP contribution in [0.4, 0.5) is 0 Å². The van der Waals surface area contributed by atoms with Gasteiger partial charge in [-0.3, -0.25) is 0 Å². The fraction of sp³-hybridized carbons (Fsp3) is 0.0714. The summed E-state index contributed by atoms with van der Waals surface area (Å²) in [5, 5.41) is 11.3. The Labute approximate surface area is 100 Å². The summed E-state index contributed by atoms with van der Waals surface area (Å²) in [6.07, 6.45) is 0. The standard InChI is InChI=1S/C14H13NO2/c1-15-14(16)11-7-9-13(10-8-11)17-12-5-3-2-4-6-12/h2-10H,1H3,(H,15,16)/p-1. The van der Waals surface area contributed by atoms with Crippen LogP contribution < -0.4 is 9.84 Å². The lowest BCUT2D eigenvalue weighted by atomic mass is 10.2. The van der Waals surface area contributed by atoms with Crippen molar-refractivity contribution in [1.29, 1.82) is 0 Å². The maximum Gasteiger partial charge on any atom is 0.127 e. The summed E-state index contributed by atoms with van der Waals surface area (Å²) in [7, 11) is 1.48. The lowest BCUT2D eigenvalue weighted by Crippen LogP contribution is -2.18. The summed E-state index contributed by atoms with van der Waals surface area (Å²) in [5.41, 5.74) is 0.563. The second kappa shape index (κ2) is 5.16. The first-order chi connectivity index (χ1) is 8.29. The second-order valence-electron chi connectivity index (χ2n) is 3.47. The van der Waals surface area contributed by atoms with Gasteiger partial charge >= 0.3 is 0 Å². The van der Waals surface area contributed by atoms with Gasteiger partial charge in [0.15, 0.2) is 0 Å². The average molecular weight is 226 g/mol. The minimum atomic E-state index is -0.226. The summed E-state index contributed by atoms with van der Waals surface area (Å²) in [4.78, 5) is 3.59. The van der Waals surface area contributed by atoms with Crippen LogP contribution in [0.3, 0.4) is 0 Å². The Morgan fingerprint density at radius 3 is 2.12 bits per heavy atom. The van der Waals surface area contributed by atoms with E-state index in [1.54, 1.807) is 24.3 Å². The lowest BCUT2D eigenvalue weighted by Gasteiger charge is -2.10. The van der Waals surface area contributed by atoms with E-state index in [0.717, 1.165) is 5.75 Å². The Kier molecular flexibility index (Phi) is 3.40. The molecule has 0 aliphatic heterocycles. The Balaban J connectivity index is 2.14. The quantitative estimate of drug-likeness (QED) is 0.595. The zero-order chi connectivity index (χ0) is 12.1. The van der Waals surface area contributed by atoms with Gasteiger partial charge in [0.25, 0.3) is 0 Å². The first kappa shape index (κ1) is 11.2. The molecule has 0 atom stereocenters. The molecule has 0 aliphatic rings. The van der Waals surface area contributed by atoms with Gasteiger partial charge in [-0.2, -0.15) is 0 Å². The molecule has 0 aliphatic carbocycles. The van der Waals surface area contributed by atoms with Crippen LogP contribution in [0.15, 0.2) is 59.6 Å². The highest BCUT2D eigenvalue weighted by atomic mass is 16.5. The van der Waals surface area contributed by atoms with Gasteiger partial charge in [-0.15, -0.1) is 0 Å². The van der Waals surface area contributed by atoms with Crippen molar-refractivity contribution in [3.8, 4) is 11.5 Å². The molecule has 0 radical (unpaired) electrons. The number of para-hydroxylation sites is 1. The molecule has 86 valence electrons. The van der Waals surface area contributed by atoms with Crippen molar-refractivity contribution in [3.63, 3.8) is 0 Å². The molecule has 0 spiro atoms. The predicted molar refractivity (Wildman–Crippen MR) is 65.4 cm³/mol. The molecule has 0 fully saturated rings. The topological polar surface area (TPSA) is 44.7 Å². The molecule has 0 saturated heterocycles. The Morgan fingerprint density at radius 1 is 0.941 bits per heavy atom. The predicted octanol–water partition coefficient (Wildman–Crippen LogP) is 2.22. The van der Waals surface area contributed by atoms with Crippen molar-refractivity contribution < 1.29 is 9.84 Å². The van der Waals surface area contributed by atoms with Crippen LogP contribution >= 0.6 is 0 Å². The minimum absolute atomic E-state index is 0.226. The number of hydrogen-bond acceptors (Lipinski definition) is 3. The Hall–Kier alpha value is -2.29. The van der Waals surface area contributed by atoms with E-state index in [2.05, 4.69) is 4.99 Å². The molecule has 17 heavy (non-hydrogen) atoms. The highest BCUT2D eigenvalue weighted by Crippen LogP contribution is 2.20. The fourth-order valence-electron chi connectivity index (χ4n) is 1.42. The number of benzene rings is 2. The highest BCUT2D eigenvalue weighted by molar-refractivity contribution is 5.90. The minimum Gasteiger partial charge on any atom is -0.859 e. The van der Waals surface area contributed by atoms with E-state index in [1.807, 2.05) is 30.3 Å². The molecule has 3 heteroatoms. The monoisotopic (exact) mass is 226 g/mol. The third-order valence-electron chi connectivity index (χ3n) is 2.28. The van der Waals surface area contributed by atoms with Crippen molar-refractivity contribution in [2.75, 3.05) is 7.05 Å². The number of ether oxygens (including phenoxy) is 1. The molecule has 0 saturated carbocycles. The molecule has 0 unspecified atom stereocenters. The van der Waals surface area contributed by atoms with Crippen LogP contribution in [0.5, 0.6) is 11.5 Å². The van der Waals surface area contributed by atoms with E-state index in [-0.39, 0.29) is 5.90 Å². The summed E-state index contributed by atoms with van der Waals surface area (Å²) in [6, 6.07) is 16.4. The first-order valence-corrected chi connectivity index (χ1v) is 5.27. The Morgan fingerprint density at radius 2 is 1.53 bits per heavy atom. The van der Waals surface area contributed by atoms with Crippen molar-refractivity contribution in [2.24, 2.45) is 4.99 Å². The lowest BCUT2D eigenvalue weighted by molar-refractivity contribution is -0.213. The van der Waals surface area contributed by atoms with E-state index >= 15 is 0 Å². The summed E-state index contributed by atoms with van der Waals surface area (Å²) in [6.45, 7) is 0. The van der Waals surface area contributed by atoms with Gasteiger partial charge in [-0.1, -0.05) is 30.3 Å². The SMILES string of the molecule is CN=C([O-])c1ccc(Oc2ccccc2)cc1. The van der Waals surface area contributed by atoms with Crippen molar-refractivity contribution in [3.05, 3.63) is 60.2 Å². The van der Waals surface area contributed by atoms with Crippen molar-refractivity contribution in [2.45, 2.75) is 0 Å². The van der Waals surface area contributed by atoms with Gasteiger partial charge in [-0.05, 0) is 35.7 Å². The third kappa shape index (κ3) is 2.84. The van der Waals surface area contributed by atoms with Gasteiger partial charge < -0.3 is 14.8 Å². The van der Waals surface area contributed by atoms with Gasteiger partial charge in [0, 0.05) is 7.05 Å². The average Bonchev–Trinajstić information content (AvgIpc) is 2.40. The molecular weight excluding hydrogens is 214 g/mol. The van der Waals surface area contributed by atoms with Crippen molar-refractivity contribution in [1.82, 2.24) is 0 Å². The number of aliphatic imine (C=N–C) groups is 1. The number of hydrogen-bond donors (Lipinski definition) is 0. The smallest absolute Gasteiger partial charge is 0.127 e. The summed E-state index contributed by atoms with van der Waals surface area (Å²) < 4.78 is 5.60. The largest absolute Gasteiger partial charge is 0.859 e. The maximum absolute atomic E-state index is 11.3. The molecule has 0 aromatic heterocycles. The Bertz CT molecular complexity index is 504. The van der Waals surface area contributed by atoms with E-state index in [1.165, 1.54) is 7.05 Å².